The van der Waals surface area contributed by atoms with Gasteiger partial charge in [-0.05, 0) is 25.5 Å². The highest BCUT2D eigenvalue weighted by Gasteiger charge is 1.91. The van der Waals surface area contributed by atoms with E-state index in [1.807, 2.05) is 19.1 Å². The lowest BCUT2D eigenvalue weighted by Gasteiger charge is -2.05. The maximum absolute atomic E-state index is 3.33. The van der Waals surface area contributed by atoms with Crippen LogP contribution in [0, 0.1) is 6.92 Å². The van der Waals surface area contributed by atoms with Crippen molar-refractivity contribution in [2.24, 2.45) is 0 Å². The fraction of sp³-hybridized carbons (Fsp3) is 0.273. The Morgan fingerprint density at radius 1 is 1.33 bits per heavy atom. The number of hydrogen-bond donors (Lipinski definition) is 1. The Balaban J connectivity index is 2.57. The van der Waals surface area contributed by atoms with E-state index in [2.05, 4.69) is 36.5 Å². The van der Waals surface area contributed by atoms with E-state index in [0.29, 0.717) is 0 Å². The molecule has 1 aromatic carbocycles. The number of aryl methyl sites for hydroxylation is 1. The third-order valence-corrected chi connectivity index (χ3v) is 1.79. The molecule has 1 rings (SSSR count). The quantitative estimate of drug-likeness (QED) is 0.672. The van der Waals surface area contributed by atoms with Gasteiger partial charge in [0, 0.05) is 12.2 Å². The Kier molecular flexibility index (Phi) is 3.39. The molecule has 0 aliphatic heterocycles. The lowest BCUT2D eigenvalue weighted by molar-refractivity contribution is 1.29. The normalized spacial score (nSPS) is 10.5. The predicted octanol–water partition coefficient (Wildman–Crippen LogP) is 2.98. The van der Waals surface area contributed by atoms with E-state index in [1.54, 1.807) is 0 Å². The SMILES string of the molecule is CC=CCNc1ccccc1C. The van der Waals surface area contributed by atoms with Gasteiger partial charge in [-0.15, -0.1) is 0 Å². The molecule has 0 amide bonds. The minimum atomic E-state index is 0.904. The summed E-state index contributed by atoms with van der Waals surface area (Å²) >= 11 is 0. The molecule has 0 aliphatic rings. The fourth-order valence-corrected chi connectivity index (χ4v) is 1.06. The molecule has 0 bridgehead atoms. The van der Waals surface area contributed by atoms with Crippen molar-refractivity contribution in [2.75, 3.05) is 11.9 Å². The second-order valence-electron chi connectivity index (χ2n) is 2.76. The number of allylic oxidation sites excluding steroid dienone is 1. The van der Waals surface area contributed by atoms with Gasteiger partial charge in [-0.2, -0.15) is 0 Å². The molecule has 1 aromatic rings. The molecule has 1 heteroatoms. The van der Waals surface area contributed by atoms with Crippen molar-refractivity contribution >= 4 is 5.69 Å². The molecule has 0 radical (unpaired) electrons. The topological polar surface area (TPSA) is 12.0 Å². The van der Waals surface area contributed by atoms with Gasteiger partial charge in [-0.3, -0.25) is 0 Å². The van der Waals surface area contributed by atoms with Gasteiger partial charge < -0.3 is 5.32 Å². The van der Waals surface area contributed by atoms with Gasteiger partial charge in [-0.25, -0.2) is 0 Å². The third kappa shape index (κ3) is 2.42. The average molecular weight is 161 g/mol. The van der Waals surface area contributed by atoms with Crippen LogP contribution in [0.4, 0.5) is 5.69 Å². The average Bonchev–Trinajstić information content (AvgIpc) is 2.09. The van der Waals surface area contributed by atoms with Crippen LogP contribution in [0.15, 0.2) is 36.4 Å². The minimum Gasteiger partial charge on any atom is -0.381 e. The van der Waals surface area contributed by atoms with Crippen LogP contribution in [-0.2, 0) is 0 Å². The van der Waals surface area contributed by atoms with Crippen LogP contribution in [0.3, 0.4) is 0 Å². The first-order valence-electron chi connectivity index (χ1n) is 4.25. The summed E-state index contributed by atoms with van der Waals surface area (Å²) in [5.41, 5.74) is 2.51. The second-order valence-corrected chi connectivity index (χ2v) is 2.76. The molecule has 12 heavy (non-hydrogen) atoms. The number of hydrogen-bond acceptors (Lipinski definition) is 1. The summed E-state index contributed by atoms with van der Waals surface area (Å²) in [5, 5.41) is 3.33. The summed E-state index contributed by atoms with van der Waals surface area (Å²) in [7, 11) is 0. The second kappa shape index (κ2) is 4.60. The van der Waals surface area contributed by atoms with E-state index < -0.39 is 0 Å². The molecule has 0 aromatic heterocycles. The van der Waals surface area contributed by atoms with E-state index in [0.717, 1.165) is 6.54 Å². The number of nitrogens with one attached hydrogen (secondary N) is 1. The minimum absolute atomic E-state index is 0.904. The zero-order valence-electron chi connectivity index (χ0n) is 7.67. The number of anilines is 1. The Bertz CT molecular complexity index is 263. The molecular weight excluding hydrogens is 146 g/mol. The molecular formula is C11H15N. The van der Waals surface area contributed by atoms with E-state index in [-0.39, 0.29) is 0 Å². The van der Waals surface area contributed by atoms with Gasteiger partial charge in [0.05, 0.1) is 0 Å². The Morgan fingerprint density at radius 3 is 2.75 bits per heavy atom. The number of rotatable bonds is 3. The molecule has 0 saturated carbocycles. The molecule has 0 aliphatic carbocycles. The summed E-state index contributed by atoms with van der Waals surface area (Å²) in [6.07, 6.45) is 4.15. The van der Waals surface area contributed by atoms with Crippen LogP contribution < -0.4 is 5.32 Å². The summed E-state index contributed by atoms with van der Waals surface area (Å²) in [4.78, 5) is 0. The molecule has 0 saturated heterocycles. The van der Waals surface area contributed by atoms with Crippen LogP contribution in [0.25, 0.3) is 0 Å². The molecule has 0 atom stereocenters. The summed E-state index contributed by atoms with van der Waals surface area (Å²) < 4.78 is 0. The van der Waals surface area contributed by atoms with Gasteiger partial charge in [0.15, 0.2) is 0 Å². The van der Waals surface area contributed by atoms with Crippen molar-refractivity contribution in [1.29, 1.82) is 0 Å². The summed E-state index contributed by atoms with van der Waals surface area (Å²) in [5.74, 6) is 0. The number of benzene rings is 1. The zero-order valence-corrected chi connectivity index (χ0v) is 7.67. The van der Waals surface area contributed by atoms with Gasteiger partial charge in [0.1, 0.15) is 0 Å². The fourth-order valence-electron chi connectivity index (χ4n) is 1.06. The van der Waals surface area contributed by atoms with Crippen molar-refractivity contribution < 1.29 is 0 Å². The maximum atomic E-state index is 3.33. The van der Waals surface area contributed by atoms with E-state index in [9.17, 15) is 0 Å². The first-order chi connectivity index (χ1) is 5.84. The van der Waals surface area contributed by atoms with Crippen molar-refractivity contribution in [1.82, 2.24) is 0 Å². The zero-order chi connectivity index (χ0) is 8.81. The first kappa shape index (κ1) is 8.85. The smallest absolute Gasteiger partial charge is 0.0372 e. The monoisotopic (exact) mass is 161 g/mol. The maximum Gasteiger partial charge on any atom is 0.0372 e. The van der Waals surface area contributed by atoms with Crippen molar-refractivity contribution in [3.05, 3.63) is 42.0 Å². The van der Waals surface area contributed by atoms with E-state index in [4.69, 9.17) is 0 Å². The first-order valence-corrected chi connectivity index (χ1v) is 4.25. The van der Waals surface area contributed by atoms with Crippen LogP contribution >= 0.6 is 0 Å². The summed E-state index contributed by atoms with van der Waals surface area (Å²) in [6, 6.07) is 8.30. The highest BCUT2D eigenvalue weighted by atomic mass is 14.9. The largest absolute Gasteiger partial charge is 0.381 e. The number of para-hydroxylation sites is 1. The van der Waals surface area contributed by atoms with Crippen molar-refractivity contribution in [3.8, 4) is 0 Å². The predicted molar refractivity (Wildman–Crippen MR) is 54.5 cm³/mol. The molecule has 0 heterocycles. The van der Waals surface area contributed by atoms with Crippen LogP contribution in [0.1, 0.15) is 12.5 Å². The van der Waals surface area contributed by atoms with E-state index in [1.165, 1.54) is 11.3 Å². The highest BCUT2D eigenvalue weighted by molar-refractivity contribution is 5.50. The molecule has 0 spiro atoms. The summed E-state index contributed by atoms with van der Waals surface area (Å²) in [6.45, 7) is 5.04. The van der Waals surface area contributed by atoms with Crippen LogP contribution in [0.5, 0.6) is 0 Å². The van der Waals surface area contributed by atoms with Gasteiger partial charge in [0.25, 0.3) is 0 Å². The third-order valence-electron chi connectivity index (χ3n) is 1.79. The van der Waals surface area contributed by atoms with Gasteiger partial charge in [0.2, 0.25) is 0 Å². The Morgan fingerprint density at radius 2 is 2.08 bits per heavy atom. The molecule has 0 fully saturated rings. The van der Waals surface area contributed by atoms with Gasteiger partial charge in [-0.1, -0.05) is 30.4 Å². The van der Waals surface area contributed by atoms with Crippen LogP contribution in [-0.4, -0.2) is 6.54 Å². The van der Waals surface area contributed by atoms with Crippen molar-refractivity contribution in [2.45, 2.75) is 13.8 Å². The van der Waals surface area contributed by atoms with Gasteiger partial charge >= 0.3 is 0 Å². The molecule has 1 N–H and O–H groups in total. The lowest BCUT2D eigenvalue weighted by atomic mass is 10.2. The Hall–Kier alpha value is -1.24. The highest BCUT2D eigenvalue weighted by Crippen LogP contribution is 2.12. The molecule has 0 unspecified atom stereocenters. The molecule has 64 valence electrons. The van der Waals surface area contributed by atoms with Crippen LogP contribution in [0.2, 0.25) is 0 Å². The van der Waals surface area contributed by atoms with Crippen molar-refractivity contribution in [3.63, 3.8) is 0 Å². The lowest BCUT2D eigenvalue weighted by Crippen LogP contribution is -1.99. The van der Waals surface area contributed by atoms with E-state index >= 15 is 0 Å². The Labute approximate surface area is 74.1 Å². The molecule has 1 nitrogen and oxygen atoms in total. The standard InChI is InChI=1S/C11H15N/c1-3-4-9-12-11-8-6-5-7-10(11)2/h3-8,12H,9H2,1-2H3.